The van der Waals surface area contributed by atoms with Gasteiger partial charge in [-0.3, -0.25) is 0 Å². The van der Waals surface area contributed by atoms with Crippen molar-refractivity contribution in [2.24, 2.45) is 0 Å². The highest BCUT2D eigenvalue weighted by molar-refractivity contribution is 6.17. The van der Waals surface area contributed by atoms with Gasteiger partial charge in [0.25, 0.3) is 0 Å². The highest BCUT2D eigenvalue weighted by atomic mass is 19.4. The smallest absolute Gasteiger partial charge is 0.309 e. The Morgan fingerprint density at radius 1 is 0.230 bits per heavy atom. The second kappa shape index (κ2) is 21.0. The van der Waals surface area contributed by atoms with Crippen molar-refractivity contribution in [2.75, 3.05) is 0 Å². The van der Waals surface area contributed by atoms with Gasteiger partial charge in [0.05, 0.1) is 100 Å². The van der Waals surface area contributed by atoms with Crippen LogP contribution in [0.25, 0.3) is 176 Å². The molecular formula is C87H49F6N7. The minimum atomic E-state index is -5.28. The normalized spacial score (nSPS) is 12.5. The lowest BCUT2D eigenvalue weighted by Crippen LogP contribution is -2.15. The topological polar surface area (TPSA) is 53.4 Å². The first-order chi connectivity index (χ1) is 48.9. The minimum absolute atomic E-state index is 0.213. The number of fused-ring (bicyclic) bond motifs is 18. The Morgan fingerprint density at radius 3 is 0.700 bits per heavy atom. The largest absolute Gasteiger partial charge is 0.417 e. The standard InChI is InChI=1S/C87H49F6N7/c88-86(89,90)69-26-17-27-70(87(91,92)93)85(69)64-49-84(100-81-42-38-54(97-75-32-13-5-22-60(75)61-23-6-14-33-76(61)97)47-67(81)68-48-55(39-43-82(68)100)98-77-34-15-7-24-62(77)63-25-8-16-35-78(63)98)83(44-51(64)50-94)99-79-40-36-52(95-71-28-9-1-18-56(71)57-19-2-10-29-72(57)95)45-65(79)66-46-53(37-41-80(66)99)96-73-30-11-3-20-58(73)59-21-4-12-31-74(59)96/h1-49H. The molecule has 0 radical (unpaired) electrons. The average Bonchev–Trinajstić information content (AvgIpc) is 1.55. The SMILES string of the molecule is N#Cc1cc(-n2c3ccc(-n4c5ccccc5c5ccccc54)cc3c3cc(-n4c5ccccc5c5ccccc54)ccc32)c(-n2c3ccc(-n4c5ccccc5c5ccccc54)cc3c3cc(-n4c5ccccc5c5ccccc54)ccc32)cc1-c1c(C(F)(F)F)cccc1C(F)(F)F. The van der Waals surface area contributed by atoms with Crippen LogP contribution in [0.4, 0.5) is 26.3 Å². The lowest BCUT2D eigenvalue weighted by atomic mass is 9.89. The maximum Gasteiger partial charge on any atom is 0.417 e. The molecule has 0 aliphatic heterocycles. The molecule has 474 valence electrons. The van der Waals surface area contributed by atoms with Gasteiger partial charge in [0.1, 0.15) is 0 Å². The van der Waals surface area contributed by atoms with Gasteiger partial charge in [-0.15, -0.1) is 0 Å². The highest BCUT2D eigenvalue weighted by Gasteiger charge is 2.42. The summed E-state index contributed by atoms with van der Waals surface area (Å²) < 4.78 is 108. The molecule has 7 nitrogen and oxygen atoms in total. The molecule has 0 unspecified atom stereocenters. The van der Waals surface area contributed by atoms with Crippen LogP contribution >= 0.6 is 0 Å². The van der Waals surface area contributed by atoms with Crippen LogP contribution in [0.5, 0.6) is 0 Å². The van der Waals surface area contributed by atoms with E-state index in [1.807, 2.05) is 155 Å². The van der Waals surface area contributed by atoms with Gasteiger partial charge >= 0.3 is 12.4 Å². The van der Waals surface area contributed by atoms with Crippen LogP contribution in [0, 0.1) is 11.3 Å². The summed E-state index contributed by atoms with van der Waals surface area (Å²) in [6.45, 7) is 0. The van der Waals surface area contributed by atoms with Gasteiger partial charge in [0.15, 0.2) is 0 Å². The zero-order valence-electron chi connectivity index (χ0n) is 52.7. The molecule has 100 heavy (non-hydrogen) atoms. The van der Waals surface area contributed by atoms with Gasteiger partial charge in [-0.1, -0.05) is 152 Å². The number of benzene rings is 14. The van der Waals surface area contributed by atoms with Crippen molar-refractivity contribution in [2.45, 2.75) is 12.4 Å². The molecule has 0 bridgehead atoms. The number of hydrogen-bond donors (Lipinski definition) is 0. The van der Waals surface area contributed by atoms with Crippen molar-refractivity contribution in [3.63, 3.8) is 0 Å². The van der Waals surface area contributed by atoms with E-state index in [0.29, 0.717) is 39.9 Å². The molecule has 0 fully saturated rings. The number of hydrogen-bond acceptors (Lipinski definition) is 1. The van der Waals surface area contributed by atoms with Gasteiger partial charge in [-0.05, 0) is 146 Å². The highest BCUT2D eigenvalue weighted by Crippen LogP contribution is 2.50. The Morgan fingerprint density at radius 2 is 0.460 bits per heavy atom. The summed E-state index contributed by atoms with van der Waals surface area (Å²) in [6.07, 6.45) is -10.6. The van der Waals surface area contributed by atoms with Crippen LogP contribution in [0.3, 0.4) is 0 Å². The second-order valence-corrected chi connectivity index (χ2v) is 25.7. The van der Waals surface area contributed by atoms with Crippen molar-refractivity contribution in [1.82, 2.24) is 27.4 Å². The lowest BCUT2D eigenvalue weighted by Gasteiger charge is -2.23. The average molecular weight is 1310 g/mol. The number of alkyl halides is 6. The Balaban J connectivity index is 0.940. The number of nitrogens with zero attached hydrogens (tertiary/aromatic N) is 7. The lowest BCUT2D eigenvalue weighted by molar-refractivity contribution is -0.142. The van der Waals surface area contributed by atoms with E-state index in [1.165, 1.54) is 12.1 Å². The predicted octanol–water partition coefficient (Wildman–Crippen LogP) is 23.8. The second-order valence-electron chi connectivity index (χ2n) is 25.7. The van der Waals surface area contributed by atoms with Crippen molar-refractivity contribution < 1.29 is 26.3 Å². The van der Waals surface area contributed by atoms with E-state index in [4.69, 9.17) is 0 Å². The molecule has 0 aliphatic carbocycles. The molecule has 20 aromatic rings. The van der Waals surface area contributed by atoms with E-state index >= 15 is 26.3 Å². The van der Waals surface area contributed by atoms with E-state index in [9.17, 15) is 5.26 Å². The number of rotatable bonds is 7. The van der Waals surface area contributed by atoms with E-state index in [2.05, 4.69) is 146 Å². The maximum absolute atomic E-state index is 15.8. The summed E-state index contributed by atoms with van der Waals surface area (Å²) in [5.74, 6) is 0. The number of aromatic nitrogens is 6. The zero-order valence-corrected chi connectivity index (χ0v) is 52.7. The van der Waals surface area contributed by atoms with Gasteiger partial charge < -0.3 is 27.4 Å². The van der Waals surface area contributed by atoms with Crippen LogP contribution in [-0.4, -0.2) is 27.4 Å². The molecule has 14 aromatic carbocycles. The van der Waals surface area contributed by atoms with Crippen LogP contribution < -0.4 is 0 Å². The van der Waals surface area contributed by atoms with E-state index < -0.39 is 40.2 Å². The molecule has 6 heterocycles. The molecule has 0 N–H and O–H groups in total. The molecule has 0 saturated carbocycles. The Bertz CT molecular complexity index is 6390. The predicted molar refractivity (Wildman–Crippen MR) is 393 cm³/mol. The molecule has 13 heteroatoms. The molecule has 0 spiro atoms. The van der Waals surface area contributed by atoms with Crippen LogP contribution in [0.2, 0.25) is 0 Å². The summed E-state index contributed by atoms with van der Waals surface area (Å²) in [6, 6.07) is 97.8. The third-order valence-electron chi connectivity index (χ3n) is 20.5. The van der Waals surface area contributed by atoms with Gasteiger partial charge in [0, 0.05) is 98.5 Å². The van der Waals surface area contributed by atoms with E-state index in [0.717, 1.165) is 138 Å². The quantitative estimate of drug-likeness (QED) is 0.147. The summed E-state index contributed by atoms with van der Waals surface area (Å²) in [4.78, 5) is 0. The Kier molecular flexibility index (Phi) is 12.0. The van der Waals surface area contributed by atoms with Crippen molar-refractivity contribution >= 4 is 131 Å². The first kappa shape index (κ1) is 57.2. The first-order valence-electron chi connectivity index (χ1n) is 32.9. The van der Waals surface area contributed by atoms with Crippen LogP contribution in [0.15, 0.2) is 297 Å². The van der Waals surface area contributed by atoms with Gasteiger partial charge in [-0.2, -0.15) is 31.6 Å². The third-order valence-corrected chi connectivity index (χ3v) is 20.5. The molecule has 0 atom stereocenters. The summed E-state index contributed by atoms with van der Waals surface area (Å²) in [5, 5.41) is 23.2. The number of nitriles is 1. The Labute approximate surface area is 564 Å². The fraction of sp³-hybridized carbons (Fsp3) is 0.0230. The van der Waals surface area contributed by atoms with Crippen LogP contribution in [-0.2, 0) is 12.4 Å². The number of halogens is 6. The summed E-state index contributed by atoms with van der Waals surface area (Å²) in [7, 11) is 0. The molecule has 0 amide bonds. The third kappa shape index (κ3) is 8.16. The van der Waals surface area contributed by atoms with E-state index in [1.54, 1.807) is 0 Å². The molecule has 20 rings (SSSR count). The van der Waals surface area contributed by atoms with Crippen LogP contribution in [0.1, 0.15) is 16.7 Å². The molecule has 6 aromatic heterocycles. The number of para-hydroxylation sites is 8. The summed E-state index contributed by atoms with van der Waals surface area (Å²) >= 11 is 0. The van der Waals surface area contributed by atoms with Crippen molar-refractivity contribution in [3.8, 4) is 51.3 Å². The van der Waals surface area contributed by atoms with Crippen molar-refractivity contribution in [3.05, 3.63) is 314 Å². The Hall–Kier alpha value is -13.1. The van der Waals surface area contributed by atoms with Gasteiger partial charge in [-0.25, -0.2) is 0 Å². The minimum Gasteiger partial charge on any atom is -0.309 e. The monoisotopic (exact) mass is 1310 g/mol. The molecule has 0 saturated heterocycles. The maximum atomic E-state index is 15.8. The fourth-order valence-electron chi connectivity index (χ4n) is 16.4. The molecule has 0 aliphatic rings. The first-order valence-corrected chi connectivity index (χ1v) is 32.9. The fourth-order valence-corrected chi connectivity index (χ4v) is 16.4. The van der Waals surface area contributed by atoms with Gasteiger partial charge in [0.2, 0.25) is 0 Å². The van der Waals surface area contributed by atoms with Crippen molar-refractivity contribution in [1.29, 1.82) is 5.26 Å². The van der Waals surface area contributed by atoms with E-state index in [-0.39, 0.29) is 5.69 Å². The zero-order chi connectivity index (χ0) is 67.0. The molecular weight excluding hydrogens is 1260 g/mol. The summed E-state index contributed by atoms with van der Waals surface area (Å²) in [5.41, 5.74) is 9.06.